The highest BCUT2D eigenvalue weighted by atomic mass is 35.5. The molecule has 2 bridgehead atoms. The molecule has 3 aliphatic rings. The molecule has 2 amide bonds. The van der Waals surface area contributed by atoms with E-state index in [1.165, 1.54) is 6.08 Å². The fourth-order valence-electron chi connectivity index (χ4n) is 4.09. The van der Waals surface area contributed by atoms with Gasteiger partial charge in [0.25, 0.3) is 6.29 Å². The third-order valence-corrected chi connectivity index (χ3v) is 5.41. The number of amides is 2. The van der Waals surface area contributed by atoms with Crippen molar-refractivity contribution in [1.82, 2.24) is 0 Å². The van der Waals surface area contributed by atoms with Gasteiger partial charge in [-0.25, -0.2) is 4.90 Å². The van der Waals surface area contributed by atoms with E-state index in [0.717, 1.165) is 18.7 Å². The minimum Gasteiger partial charge on any atom is -0.422 e. The van der Waals surface area contributed by atoms with E-state index in [9.17, 15) is 19.2 Å². The molecule has 4 atom stereocenters. The SMILES string of the molecule is CC(=O)OC(OC(C)=O)[C@@]12C=C[C@H](O1)[C@@H]1C(=O)N(c3ccccc3Cl)C(=O)[C@@H]12. The normalized spacial score (nSPS) is 30.1. The summed E-state index contributed by atoms with van der Waals surface area (Å²) in [7, 11) is 0. The van der Waals surface area contributed by atoms with Crippen LogP contribution in [0.25, 0.3) is 0 Å². The number of carbonyl (C=O) groups is 4. The van der Waals surface area contributed by atoms with E-state index in [1.54, 1.807) is 30.3 Å². The molecule has 0 saturated carbocycles. The number of ether oxygens (including phenoxy) is 3. The van der Waals surface area contributed by atoms with E-state index >= 15 is 0 Å². The summed E-state index contributed by atoms with van der Waals surface area (Å²) in [6.45, 7) is 2.29. The molecule has 0 spiro atoms. The summed E-state index contributed by atoms with van der Waals surface area (Å²) >= 11 is 6.18. The van der Waals surface area contributed by atoms with Crippen LogP contribution in [-0.4, -0.2) is 41.7 Å². The van der Waals surface area contributed by atoms with Gasteiger partial charge in [-0.1, -0.05) is 29.8 Å². The highest BCUT2D eigenvalue weighted by Gasteiger charge is 2.72. The number of nitrogens with zero attached hydrogens (tertiary/aromatic N) is 1. The zero-order valence-corrected chi connectivity index (χ0v) is 15.7. The molecule has 1 aromatic carbocycles. The third kappa shape index (κ3) is 2.56. The number of hydrogen-bond donors (Lipinski definition) is 0. The van der Waals surface area contributed by atoms with Gasteiger partial charge in [-0.05, 0) is 18.2 Å². The number of anilines is 1. The molecule has 3 aliphatic heterocycles. The fourth-order valence-corrected chi connectivity index (χ4v) is 4.31. The van der Waals surface area contributed by atoms with Crippen molar-refractivity contribution in [3.05, 3.63) is 41.4 Å². The molecule has 0 radical (unpaired) electrons. The van der Waals surface area contributed by atoms with Crippen LogP contribution in [0.5, 0.6) is 0 Å². The summed E-state index contributed by atoms with van der Waals surface area (Å²) in [6.07, 6.45) is 0.934. The van der Waals surface area contributed by atoms with E-state index in [4.69, 9.17) is 25.8 Å². The maximum Gasteiger partial charge on any atom is 0.305 e. The topological polar surface area (TPSA) is 99.2 Å². The van der Waals surface area contributed by atoms with Crippen molar-refractivity contribution in [3.63, 3.8) is 0 Å². The van der Waals surface area contributed by atoms with Gasteiger partial charge in [0.1, 0.15) is 0 Å². The molecular formula is C19H16ClNO7. The second-order valence-corrected chi connectivity index (χ2v) is 7.22. The lowest BCUT2D eigenvalue weighted by Gasteiger charge is -2.34. The summed E-state index contributed by atoms with van der Waals surface area (Å²) in [6, 6.07) is 6.49. The Morgan fingerprint density at radius 3 is 2.39 bits per heavy atom. The number of benzene rings is 1. The minimum absolute atomic E-state index is 0.246. The van der Waals surface area contributed by atoms with E-state index in [1.807, 2.05) is 0 Å². The third-order valence-electron chi connectivity index (χ3n) is 5.09. The number of hydrogen-bond acceptors (Lipinski definition) is 7. The Hall–Kier alpha value is -2.71. The first-order chi connectivity index (χ1) is 13.3. The largest absolute Gasteiger partial charge is 0.422 e. The lowest BCUT2D eigenvalue weighted by atomic mass is 9.76. The Bertz CT molecular complexity index is 913. The maximum absolute atomic E-state index is 13.3. The maximum atomic E-state index is 13.3. The predicted molar refractivity (Wildman–Crippen MR) is 95.0 cm³/mol. The van der Waals surface area contributed by atoms with Gasteiger partial charge in [0.2, 0.25) is 11.8 Å². The molecule has 0 N–H and O–H groups in total. The van der Waals surface area contributed by atoms with Gasteiger partial charge in [0.15, 0.2) is 5.60 Å². The highest BCUT2D eigenvalue weighted by molar-refractivity contribution is 6.36. The summed E-state index contributed by atoms with van der Waals surface area (Å²) in [5.41, 5.74) is -1.31. The first-order valence-corrected chi connectivity index (χ1v) is 8.98. The van der Waals surface area contributed by atoms with Crippen LogP contribution in [0.4, 0.5) is 5.69 Å². The predicted octanol–water partition coefficient (Wildman–Crippen LogP) is 1.61. The summed E-state index contributed by atoms with van der Waals surface area (Å²) in [4.78, 5) is 50.5. The van der Waals surface area contributed by atoms with Crippen molar-refractivity contribution < 1.29 is 33.4 Å². The molecule has 4 rings (SSSR count). The lowest BCUT2D eigenvalue weighted by Crippen LogP contribution is -2.52. The van der Waals surface area contributed by atoms with Gasteiger partial charge >= 0.3 is 11.9 Å². The van der Waals surface area contributed by atoms with E-state index in [0.29, 0.717) is 0 Å². The molecule has 146 valence electrons. The highest BCUT2D eigenvalue weighted by Crippen LogP contribution is 2.55. The van der Waals surface area contributed by atoms with Gasteiger partial charge < -0.3 is 14.2 Å². The summed E-state index contributed by atoms with van der Waals surface area (Å²) in [5, 5.41) is 0.246. The molecule has 8 nitrogen and oxygen atoms in total. The smallest absolute Gasteiger partial charge is 0.305 e. The van der Waals surface area contributed by atoms with Crippen LogP contribution in [0.3, 0.4) is 0 Å². The van der Waals surface area contributed by atoms with Crippen LogP contribution in [-0.2, 0) is 33.4 Å². The lowest BCUT2D eigenvalue weighted by molar-refractivity contribution is -0.226. The number of esters is 2. The molecule has 9 heteroatoms. The molecule has 0 aliphatic carbocycles. The van der Waals surface area contributed by atoms with Crippen molar-refractivity contribution in [3.8, 4) is 0 Å². The second kappa shape index (κ2) is 6.42. The van der Waals surface area contributed by atoms with Crippen LogP contribution in [0.1, 0.15) is 13.8 Å². The van der Waals surface area contributed by atoms with Crippen LogP contribution < -0.4 is 4.90 Å². The standard InChI is InChI=1S/C19H16ClNO7/c1-9(22)26-18(27-10(2)23)19-8-7-13(28-19)14-15(19)17(25)21(16(14)24)12-6-4-3-5-11(12)20/h3-8,13-15,18H,1-2H3/t13-,14-,15+,19-/m0/s1. The van der Waals surface area contributed by atoms with Gasteiger partial charge in [-0.3, -0.25) is 19.2 Å². The van der Waals surface area contributed by atoms with Gasteiger partial charge in [0, 0.05) is 13.8 Å². The second-order valence-electron chi connectivity index (χ2n) is 6.81. The zero-order valence-electron chi connectivity index (χ0n) is 15.0. The quantitative estimate of drug-likeness (QED) is 0.324. The van der Waals surface area contributed by atoms with Crippen molar-refractivity contribution >= 4 is 41.0 Å². The first kappa shape index (κ1) is 18.6. The first-order valence-electron chi connectivity index (χ1n) is 8.60. The van der Waals surface area contributed by atoms with Crippen molar-refractivity contribution in [2.75, 3.05) is 4.90 Å². The Kier molecular flexibility index (Phi) is 4.28. The Balaban J connectivity index is 1.77. The Labute approximate surface area is 165 Å². The molecule has 3 heterocycles. The van der Waals surface area contributed by atoms with Crippen molar-refractivity contribution in [1.29, 1.82) is 0 Å². The Morgan fingerprint density at radius 2 is 1.79 bits per heavy atom. The molecule has 2 fully saturated rings. The van der Waals surface area contributed by atoms with Gasteiger partial charge in [-0.15, -0.1) is 0 Å². The minimum atomic E-state index is -1.57. The van der Waals surface area contributed by atoms with Crippen LogP contribution in [0.15, 0.2) is 36.4 Å². The molecule has 28 heavy (non-hydrogen) atoms. The summed E-state index contributed by atoms with van der Waals surface area (Å²) < 4.78 is 16.2. The number of para-hydroxylation sites is 1. The van der Waals surface area contributed by atoms with E-state index in [2.05, 4.69) is 0 Å². The van der Waals surface area contributed by atoms with Crippen LogP contribution >= 0.6 is 11.6 Å². The van der Waals surface area contributed by atoms with Gasteiger partial charge in [-0.2, -0.15) is 0 Å². The average Bonchev–Trinajstić information content (AvgIpc) is 3.26. The molecule has 0 aromatic heterocycles. The number of rotatable bonds is 4. The number of halogens is 1. The average molecular weight is 406 g/mol. The molecule has 1 aromatic rings. The Morgan fingerprint density at radius 1 is 1.14 bits per heavy atom. The molecular weight excluding hydrogens is 390 g/mol. The monoisotopic (exact) mass is 405 g/mol. The van der Waals surface area contributed by atoms with Crippen molar-refractivity contribution in [2.24, 2.45) is 11.8 Å². The van der Waals surface area contributed by atoms with Gasteiger partial charge in [0.05, 0.1) is 28.6 Å². The molecule has 2 saturated heterocycles. The number of carbonyl (C=O) groups excluding carboxylic acids is 4. The van der Waals surface area contributed by atoms with E-state index < -0.39 is 53.6 Å². The van der Waals surface area contributed by atoms with Crippen molar-refractivity contribution in [2.45, 2.75) is 31.8 Å². The number of imide groups is 1. The van der Waals surface area contributed by atoms with E-state index in [-0.39, 0.29) is 10.7 Å². The number of fused-ring (bicyclic) bond motifs is 5. The van der Waals surface area contributed by atoms with Crippen LogP contribution in [0, 0.1) is 11.8 Å². The zero-order chi connectivity index (χ0) is 20.2. The fraction of sp³-hybridized carbons (Fsp3) is 0.368. The molecule has 0 unspecified atom stereocenters. The summed E-state index contributed by atoms with van der Waals surface area (Å²) in [5.74, 6) is -4.31. The van der Waals surface area contributed by atoms with Crippen LogP contribution in [0.2, 0.25) is 5.02 Å².